The molecule has 30 heavy (non-hydrogen) atoms. The van der Waals surface area contributed by atoms with Gasteiger partial charge in [0, 0.05) is 6.54 Å². The summed E-state index contributed by atoms with van der Waals surface area (Å²) in [6.45, 7) is 5.81. The van der Waals surface area contributed by atoms with Gasteiger partial charge in [-0.3, -0.25) is 9.10 Å². The molecule has 0 aliphatic carbocycles. The Labute approximate surface area is 178 Å². The molecule has 1 amide bonds. The van der Waals surface area contributed by atoms with Crippen molar-refractivity contribution in [1.82, 2.24) is 5.32 Å². The Kier molecular flexibility index (Phi) is 6.57. The Morgan fingerprint density at radius 2 is 1.47 bits per heavy atom. The zero-order valence-electron chi connectivity index (χ0n) is 17.4. The van der Waals surface area contributed by atoms with Crippen molar-refractivity contribution in [2.45, 2.75) is 32.2 Å². The Hall–Kier alpha value is -3.12. The number of carbonyl (C=O) groups is 1. The molecule has 0 fully saturated rings. The van der Waals surface area contributed by atoms with E-state index in [-0.39, 0.29) is 17.3 Å². The Balaban J connectivity index is 1.86. The van der Waals surface area contributed by atoms with Crippen LogP contribution in [0.25, 0.3) is 0 Å². The van der Waals surface area contributed by atoms with Crippen molar-refractivity contribution in [3.05, 3.63) is 95.1 Å². The summed E-state index contributed by atoms with van der Waals surface area (Å²) in [5, 5.41) is 2.83. The first-order valence-electron chi connectivity index (χ1n) is 9.74. The molecule has 0 radical (unpaired) electrons. The number of amides is 1. The van der Waals surface area contributed by atoms with Crippen molar-refractivity contribution in [2.24, 2.45) is 0 Å². The lowest BCUT2D eigenvalue weighted by Crippen LogP contribution is -2.40. The number of aryl methyl sites for hydroxylation is 3. The summed E-state index contributed by atoms with van der Waals surface area (Å²) in [7, 11) is -3.90. The minimum Gasteiger partial charge on any atom is -0.350 e. The van der Waals surface area contributed by atoms with Gasteiger partial charge in [0.15, 0.2) is 0 Å². The van der Waals surface area contributed by atoms with Gasteiger partial charge in [-0.15, -0.1) is 0 Å². The lowest BCUT2D eigenvalue weighted by Gasteiger charge is -2.24. The van der Waals surface area contributed by atoms with Crippen LogP contribution in [-0.4, -0.2) is 20.9 Å². The van der Waals surface area contributed by atoms with E-state index in [0.717, 1.165) is 26.6 Å². The quantitative estimate of drug-likeness (QED) is 0.623. The van der Waals surface area contributed by atoms with Crippen molar-refractivity contribution in [2.75, 3.05) is 10.8 Å². The second-order valence-electron chi connectivity index (χ2n) is 7.43. The maximum absolute atomic E-state index is 13.4. The molecule has 156 valence electrons. The first-order valence-corrected chi connectivity index (χ1v) is 11.2. The van der Waals surface area contributed by atoms with Crippen LogP contribution in [0.3, 0.4) is 0 Å². The molecule has 0 spiro atoms. The summed E-state index contributed by atoms with van der Waals surface area (Å²) < 4.78 is 27.9. The molecule has 0 aliphatic heterocycles. The molecular weight excluding hydrogens is 396 g/mol. The number of carbonyl (C=O) groups excluding carboxylic acids is 1. The molecule has 0 aliphatic rings. The molecule has 0 saturated heterocycles. The third-order valence-corrected chi connectivity index (χ3v) is 6.55. The minimum atomic E-state index is -3.90. The molecule has 0 unspecified atom stereocenters. The highest BCUT2D eigenvalue weighted by Crippen LogP contribution is 2.24. The summed E-state index contributed by atoms with van der Waals surface area (Å²) in [5.41, 5.74) is 4.40. The lowest BCUT2D eigenvalue weighted by atomic mass is 10.1. The summed E-state index contributed by atoms with van der Waals surface area (Å²) >= 11 is 0. The standard InChI is InChI=1S/C24H26N2O3S/c1-18-10-12-23(13-11-18)30(28,29)26(22-9-5-7-20(3)15-22)17-24(27)25-16-21-8-4-6-19(2)14-21/h4-15H,16-17H2,1-3H3,(H,25,27). The second-order valence-corrected chi connectivity index (χ2v) is 9.29. The molecule has 3 aromatic rings. The van der Waals surface area contributed by atoms with Crippen LogP contribution >= 0.6 is 0 Å². The number of anilines is 1. The number of sulfonamides is 1. The fourth-order valence-corrected chi connectivity index (χ4v) is 4.56. The zero-order valence-corrected chi connectivity index (χ0v) is 18.2. The lowest BCUT2D eigenvalue weighted by molar-refractivity contribution is -0.119. The van der Waals surface area contributed by atoms with E-state index in [1.807, 2.05) is 51.1 Å². The average Bonchev–Trinajstić information content (AvgIpc) is 2.71. The van der Waals surface area contributed by atoms with Gasteiger partial charge in [-0.25, -0.2) is 8.42 Å². The van der Waals surface area contributed by atoms with Crippen LogP contribution in [0, 0.1) is 20.8 Å². The largest absolute Gasteiger partial charge is 0.350 e. The second kappa shape index (κ2) is 9.13. The van der Waals surface area contributed by atoms with Crippen molar-refractivity contribution >= 4 is 21.6 Å². The molecule has 0 saturated carbocycles. The van der Waals surface area contributed by atoms with Gasteiger partial charge in [0.1, 0.15) is 6.54 Å². The highest BCUT2D eigenvalue weighted by Gasteiger charge is 2.27. The summed E-state index contributed by atoms with van der Waals surface area (Å²) in [4.78, 5) is 12.8. The maximum Gasteiger partial charge on any atom is 0.264 e. The van der Waals surface area contributed by atoms with Gasteiger partial charge in [0.25, 0.3) is 10.0 Å². The number of nitrogens with zero attached hydrogens (tertiary/aromatic N) is 1. The van der Waals surface area contributed by atoms with Crippen LogP contribution in [0.5, 0.6) is 0 Å². The third-order valence-electron chi connectivity index (χ3n) is 4.76. The minimum absolute atomic E-state index is 0.154. The number of nitrogens with one attached hydrogen (secondary N) is 1. The van der Waals surface area contributed by atoms with Gasteiger partial charge in [0.2, 0.25) is 5.91 Å². The number of benzene rings is 3. The summed E-state index contributed by atoms with van der Waals surface area (Å²) in [6.07, 6.45) is 0. The van der Waals surface area contributed by atoms with Gasteiger partial charge >= 0.3 is 0 Å². The molecule has 0 bridgehead atoms. The molecule has 3 rings (SSSR count). The predicted octanol–water partition coefficient (Wildman–Crippen LogP) is 4.12. The van der Waals surface area contributed by atoms with E-state index in [1.54, 1.807) is 42.5 Å². The molecular formula is C24H26N2O3S. The fourth-order valence-electron chi connectivity index (χ4n) is 3.14. The summed E-state index contributed by atoms with van der Waals surface area (Å²) in [6, 6.07) is 21.6. The third kappa shape index (κ3) is 5.27. The highest BCUT2D eigenvalue weighted by molar-refractivity contribution is 7.92. The zero-order chi connectivity index (χ0) is 21.7. The van der Waals surface area contributed by atoms with E-state index in [9.17, 15) is 13.2 Å². The molecule has 0 heterocycles. The van der Waals surface area contributed by atoms with Crippen LogP contribution in [0.15, 0.2) is 77.7 Å². The predicted molar refractivity (Wildman–Crippen MR) is 120 cm³/mol. The van der Waals surface area contributed by atoms with Crippen molar-refractivity contribution in [3.8, 4) is 0 Å². The van der Waals surface area contributed by atoms with Crippen molar-refractivity contribution in [1.29, 1.82) is 0 Å². The number of hydrogen-bond acceptors (Lipinski definition) is 3. The van der Waals surface area contributed by atoms with Gasteiger partial charge in [0.05, 0.1) is 10.6 Å². The van der Waals surface area contributed by atoms with Gasteiger partial charge < -0.3 is 5.32 Å². The Morgan fingerprint density at radius 1 is 0.833 bits per heavy atom. The van der Waals surface area contributed by atoms with Crippen molar-refractivity contribution < 1.29 is 13.2 Å². The van der Waals surface area contributed by atoms with Crippen LogP contribution in [0.4, 0.5) is 5.69 Å². The average molecular weight is 423 g/mol. The SMILES string of the molecule is Cc1ccc(S(=O)(=O)N(CC(=O)NCc2cccc(C)c2)c2cccc(C)c2)cc1. The molecule has 6 heteroatoms. The maximum atomic E-state index is 13.4. The van der Waals surface area contributed by atoms with Crippen LogP contribution in [-0.2, 0) is 21.4 Å². The summed E-state index contributed by atoms with van der Waals surface area (Å²) in [5.74, 6) is -0.367. The molecule has 0 atom stereocenters. The van der Waals surface area contributed by atoms with E-state index in [4.69, 9.17) is 0 Å². The van der Waals surface area contributed by atoms with Crippen LogP contribution in [0.2, 0.25) is 0 Å². The van der Waals surface area contributed by atoms with E-state index < -0.39 is 10.0 Å². The van der Waals surface area contributed by atoms with Gasteiger partial charge in [-0.1, -0.05) is 59.7 Å². The van der Waals surface area contributed by atoms with E-state index in [0.29, 0.717) is 12.2 Å². The smallest absolute Gasteiger partial charge is 0.264 e. The first-order chi connectivity index (χ1) is 14.3. The van der Waals surface area contributed by atoms with E-state index in [2.05, 4.69) is 5.32 Å². The topological polar surface area (TPSA) is 66.5 Å². The van der Waals surface area contributed by atoms with Gasteiger partial charge in [-0.05, 0) is 56.2 Å². The van der Waals surface area contributed by atoms with Crippen molar-refractivity contribution in [3.63, 3.8) is 0 Å². The monoisotopic (exact) mass is 422 g/mol. The molecule has 3 aromatic carbocycles. The first kappa shape index (κ1) is 21.6. The van der Waals surface area contributed by atoms with E-state index in [1.165, 1.54) is 0 Å². The Morgan fingerprint density at radius 3 is 2.10 bits per heavy atom. The number of rotatable bonds is 7. The van der Waals surface area contributed by atoms with Crippen LogP contribution < -0.4 is 9.62 Å². The Bertz CT molecular complexity index is 1140. The van der Waals surface area contributed by atoms with Gasteiger partial charge in [-0.2, -0.15) is 0 Å². The van der Waals surface area contributed by atoms with E-state index >= 15 is 0 Å². The number of hydrogen-bond donors (Lipinski definition) is 1. The normalized spacial score (nSPS) is 11.2. The van der Waals surface area contributed by atoms with Crippen LogP contribution in [0.1, 0.15) is 22.3 Å². The fraction of sp³-hybridized carbons (Fsp3) is 0.208. The highest BCUT2D eigenvalue weighted by atomic mass is 32.2. The molecule has 5 nitrogen and oxygen atoms in total. The molecule has 1 N–H and O–H groups in total. The molecule has 0 aromatic heterocycles.